The van der Waals surface area contributed by atoms with E-state index in [4.69, 9.17) is 30.2 Å². The van der Waals surface area contributed by atoms with Crippen molar-refractivity contribution in [1.82, 2.24) is 0 Å². The molecule has 0 spiro atoms. The van der Waals surface area contributed by atoms with E-state index in [9.17, 15) is 9.79 Å². The van der Waals surface area contributed by atoms with E-state index >= 15 is 0 Å². The van der Waals surface area contributed by atoms with Gasteiger partial charge < -0.3 is 20.4 Å². The standard InChI is InChI=1S/C18H42O5P2.C5H12O4/c1-2-3-4-5-6-7-8-9-10-11-12-13-14-15-16-17-18-25(21,22)23-24(19)20;6-1-5(2-7,3-8)4-9/h19-22,25H,2-18H2,1H3;6-9H,1-4H2. The molecule has 34 heavy (non-hydrogen) atoms. The molecule has 0 heterocycles. The molecule has 0 aliphatic heterocycles. The fourth-order valence-corrected chi connectivity index (χ4v) is 5.50. The Bertz CT molecular complexity index is 394. The van der Waals surface area contributed by atoms with E-state index < -0.39 is 48.4 Å². The van der Waals surface area contributed by atoms with Gasteiger partial charge in [-0.3, -0.25) is 0 Å². The van der Waals surface area contributed by atoms with Gasteiger partial charge in [0.2, 0.25) is 0 Å². The summed E-state index contributed by atoms with van der Waals surface area (Å²) in [5, 5.41) is 34.0. The summed E-state index contributed by atoms with van der Waals surface area (Å²) in [4.78, 5) is 36.2. The van der Waals surface area contributed by atoms with Crippen molar-refractivity contribution in [3.05, 3.63) is 0 Å². The maximum absolute atomic E-state index is 9.47. The number of hydrogen-bond acceptors (Lipinski definition) is 9. The van der Waals surface area contributed by atoms with E-state index in [0.29, 0.717) is 6.42 Å². The number of aliphatic hydroxyl groups is 4. The summed E-state index contributed by atoms with van der Waals surface area (Å²) in [7, 11) is -6.52. The first-order valence-electron chi connectivity index (χ1n) is 13.0. The Balaban J connectivity index is 0. The summed E-state index contributed by atoms with van der Waals surface area (Å²) in [6.07, 6.45) is 20.4. The Morgan fingerprint density at radius 1 is 0.559 bits per heavy atom. The van der Waals surface area contributed by atoms with Gasteiger partial charge in [0.25, 0.3) is 0 Å². The molecule has 0 unspecified atom stereocenters. The van der Waals surface area contributed by atoms with Crippen LogP contribution in [0, 0.1) is 5.41 Å². The minimum absolute atomic E-state index is 0.144. The zero-order valence-corrected chi connectivity index (χ0v) is 23.2. The van der Waals surface area contributed by atoms with Gasteiger partial charge in [0.1, 0.15) is 0 Å². The molecule has 0 aromatic carbocycles. The summed E-state index contributed by atoms with van der Waals surface area (Å²) in [6.45, 7) is 0.636. The summed E-state index contributed by atoms with van der Waals surface area (Å²) in [6, 6.07) is 0. The minimum Gasteiger partial charge on any atom is -0.396 e. The van der Waals surface area contributed by atoms with Crippen molar-refractivity contribution >= 4 is 16.5 Å². The molecule has 0 fully saturated rings. The average Bonchev–Trinajstić information content (AvgIpc) is 2.80. The van der Waals surface area contributed by atoms with Crippen LogP contribution in [0.5, 0.6) is 0 Å². The maximum atomic E-state index is 9.47. The fraction of sp³-hybridized carbons (Fsp3) is 1.00. The molecule has 0 atom stereocenters. The monoisotopic (exact) mass is 536 g/mol. The zero-order valence-electron chi connectivity index (χ0n) is 21.3. The quantitative estimate of drug-likeness (QED) is 0.0712. The Hall–Kier alpha value is 0.500. The van der Waals surface area contributed by atoms with Crippen LogP contribution < -0.4 is 0 Å². The number of aliphatic hydroxyl groups excluding tert-OH is 4. The van der Waals surface area contributed by atoms with Crippen LogP contribution in [0.4, 0.5) is 0 Å². The van der Waals surface area contributed by atoms with Gasteiger partial charge in [0.05, 0.1) is 31.8 Å². The second-order valence-electron chi connectivity index (χ2n) is 9.27. The van der Waals surface area contributed by atoms with E-state index in [1.807, 2.05) is 0 Å². The molecule has 0 rings (SSSR count). The van der Waals surface area contributed by atoms with Gasteiger partial charge in [-0.1, -0.05) is 39.0 Å². The van der Waals surface area contributed by atoms with E-state index in [1.54, 1.807) is 0 Å². The third-order valence-electron chi connectivity index (χ3n) is 5.93. The Morgan fingerprint density at radius 2 is 0.853 bits per heavy atom. The van der Waals surface area contributed by atoms with E-state index in [-0.39, 0.29) is 6.16 Å². The van der Waals surface area contributed by atoms with Crippen LogP contribution in [-0.4, -0.2) is 72.6 Å². The van der Waals surface area contributed by atoms with Gasteiger partial charge in [-0.05, 0) is 0 Å². The molecule has 0 bridgehead atoms. The van der Waals surface area contributed by atoms with Gasteiger partial charge in [-0.25, -0.2) is 0 Å². The van der Waals surface area contributed by atoms with Gasteiger partial charge in [-0.2, -0.15) is 0 Å². The molecule has 9 nitrogen and oxygen atoms in total. The second-order valence-corrected chi connectivity index (χ2v) is 12.5. The van der Waals surface area contributed by atoms with Crippen LogP contribution in [0.2, 0.25) is 0 Å². The average molecular weight is 537 g/mol. The van der Waals surface area contributed by atoms with Gasteiger partial charge in [-0.15, -0.1) is 0 Å². The topological polar surface area (TPSA) is 171 Å². The summed E-state index contributed by atoms with van der Waals surface area (Å²) in [5.74, 6) is 0. The molecular formula is C23H54O9P2. The van der Waals surface area contributed by atoms with Gasteiger partial charge in [0.15, 0.2) is 0 Å². The molecule has 8 N–H and O–H groups in total. The van der Waals surface area contributed by atoms with E-state index in [0.717, 1.165) is 12.8 Å². The van der Waals surface area contributed by atoms with Crippen molar-refractivity contribution in [3.63, 3.8) is 0 Å². The molecule has 0 aromatic heterocycles. The summed E-state index contributed by atoms with van der Waals surface area (Å²) >= 11 is 0. The predicted molar refractivity (Wildman–Crippen MR) is 140 cm³/mol. The van der Waals surface area contributed by atoms with Crippen molar-refractivity contribution in [2.45, 2.75) is 110 Å². The van der Waals surface area contributed by atoms with Crippen LogP contribution in [0.25, 0.3) is 0 Å². The van der Waals surface area contributed by atoms with Gasteiger partial charge in [0, 0.05) is 0 Å². The van der Waals surface area contributed by atoms with Crippen LogP contribution in [0.1, 0.15) is 110 Å². The van der Waals surface area contributed by atoms with Crippen molar-refractivity contribution in [1.29, 1.82) is 0 Å². The number of unbranched alkanes of at least 4 members (excludes halogenated alkanes) is 15. The molecule has 0 aromatic rings. The molecule has 0 amide bonds. The van der Waals surface area contributed by atoms with Crippen molar-refractivity contribution in [2.24, 2.45) is 5.41 Å². The molecular weight excluding hydrogens is 482 g/mol. The van der Waals surface area contributed by atoms with E-state index in [2.05, 4.69) is 11.2 Å². The normalized spacial score (nSPS) is 12.6. The Morgan fingerprint density at radius 3 is 1.09 bits per heavy atom. The Labute approximate surface area is 208 Å². The molecule has 0 saturated carbocycles. The van der Waals surface area contributed by atoms with Crippen LogP contribution in [0.15, 0.2) is 0 Å². The Kier molecular flexibility index (Phi) is 27.1. The van der Waals surface area contributed by atoms with Crippen molar-refractivity contribution in [3.8, 4) is 0 Å². The van der Waals surface area contributed by atoms with Crippen LogP contribution in [0.3, 0.4) is 0 Å². The molecule has 0 aliphatic carbocycles. The van der Waals surface area contributed by atoms with Crippen LogP contribution in [-0.2, 0) is 4.31 Å². The third-order valence-corrected chi connectivity index (χ3v) is 8.75. The summed E-state index contributed by atoms with van der Waals surface area (Å²) < 4.78 is 4.39. The molecule has 0 aliphatic rings. The second kappa shape index (κ2) is 25.2. The van der Waals surface area contributed by atoms with Crippen LogP contribution >= 0.6 is 16.5 Å². The number of hydrogen-bond donors (Lipinski definition) is 8. The molecule has 11 heteroatoms. The third kappa shape index (κ3) is 24.2. The summed E-state index contributed by atoms with van der Waals surface area (Å²) in [5.41, 5.74) is -1.11. The zero-order chi connectivity index (χ0) is 26.1. The molecule has 210 valence electrons. The smallest absolute Gasteiger partial charge is 0.0627 e. The minimum atomic E-state index is -3.84. The molecule has 0 radical (unpaired) electrons. The fourth-order valence-electron chi connectivity index (χ4n) is 3.38. The first-order valence-corrected chi connectivity index (χ1v) is 16.1. The maximum Gasteiger partial charge on any atom is 0.0627 e. The van der Waals surface area contributed by atoms with Crippen molar-refractivity contribution < 1.29 is 44.3 Å². The first kappa shape index (κ1) is 36.7. The largest absolute Gasteiger partial charge is 0.396 e. The van der Waals surface area contributed by atoms with Crippen molar-refractivity contribution in [2.75, 3.05) is 32.6 Å². The van der Waals surface area contributed by atoms with E-state index in [1.165, 1.54) is 83.5 Å². The number of rotatable bonds is 23. The SMILES string of the molecule is CCCCCCCCCCCCCCCCCC[PH](O)(O)OP(O)O.OCC(CO)(CO)CO. The predicted octanol–water partition coefficient (Wildman–Crippen LogP) is 3.90. The first-order chi connectivity index (χ1) is 16.2. The van der Waals surface area contributed by atoms with Gasteiger partial charge >= 0.3 is 117 Å². The molecule has 0 saturated heterocycles.